The van der Waals surface area contributed by atoms with E-state index in [2.05, 4.69) is 5.32 Å². The van der Waals surface area contributed by atoms with Gasteiger partial charge in [0.05, 0.1) is 31.8 Å². The number of nitro benzene ring substituents is 1. The predicted molar refractivity (Wildman–Crippen MR) is 105 cm³/mol. The van der Waals surface area contributed by atoms with E-state index in [1.807, 2.05) is 13.0 Å². The number of aryl methyl sites for hydroxylation is 1. The lowest BCUT2D eigenvalue weighted by atomic mass is 10.1. The quantitative estimate of drug-likeness (QED) is 0.488. The van der Waals surface area contributed by atoms with E-state index in [0.29, 0.717) is 30.3 Å². The van der Waals surface area contributed by atoms with Crippen molar-refractivity contribution in [2.24, 2.45) is 0 Å². The number of nitrogens with zero attached hydrogens (tertiary/aromatic N) is 1. The number of hydrogen-bond acceptors (Lipinski definition) is 6. The topological polar surface area (TPSA) is 99.9 Å². The van der Waals surface area contributed by atoms with Gasteiger partial charge in [0, 0.05) is 6.42 Å². The van der Waals surface area contributed by atoms with Crippen LogP contribution in [0.4, 0.5) is 11.4 Å². The summed E-state index contributed by atoms with van der Waals surface area (Å²) in [4.78, 5) is 23.0. The first-order valence-electron chi connectivity index (χ1n) is 8.90. The second-order valence-electron chi connectivity index (χ2n) is 6.02. The Bertz CT molecular complexity index is 837. The zero-order valence-corrected chi connectivity index (χ0v) is 16.2. The molecule has 0 aromatic heterocycles. The highest BCUT2D eigenvalue weighted by atomic mass is 16.6. The lowest BCUT2D eigenvalue weighted by Gasteiger charge is -2.10. The first-order valence-corrected chi connectivity index (χ1v) is 8.90. The third-order valence-electron chi connectivity index (χ3n) is 4.00. The van der Waals surface area contributed by atoms with Crippen molar-refractivity contribution in [3.63, 3.8) is 0 Å². The molecule has 0 spiro atoms. The van der Waals surface area contributed by atoms with E-state index < -0.39 is 4.92 Å². The Morgan fingerprint density at radius 2 is 1.86 bits per heavy atom. The number of nitro groups is 1. The van der Waals surface area contributed by atoms with Crippen LogP contribution < -0.4 is 19.5 Å². The van der Waals surface area contributed by atoms with Crippen molar-refractivity contribution in [2.45, 2.75) is 26.2 Å². The number of carbonyl (C=O) groups is 1. The second-order valence-corrected chi connectivity index (χ2v) is 6.02. The van der Waals surface area contributed by atoms with Gasteiger partial charge in [-0.25, -0.2) is 0 Å². The van der Waals surface area contributed by atoms with Crippen LogP contribution in [0.3, 0.4) is 0 Å². The summed E-state index contributed by atoms with van der Waals surface area (Å²) in [6, 6.07) is 9.82. The monoisotopic (exact) mass is 388 g/mol. The van der Waals surface area contributed by atoms with Crippen LogP contribution in [0.2, 0.25) is 0 Å². The molecule has 0 saturated carbocycles. The van der Waals surface area contributed by atoms with Gasteiger partial charge in [-0.15, -0.1) is 0 Å². The summed E-state index contributed by atoms with van der Waals surface area (Å²) in [7, 11) is 3.10. The maximum Gasteiger partial charge on any atom is 0.296 e. The first-order chi connectivity index (χ1) is 13.5. The van der Waals surface area contributed by atoms with Gasteiger partial charge < -0.3 is 19.5 Å². The molecule has 0 bridgehead atoms. The second kappa shape index (κ2) is 10.1. The normalized spacial score (nSPS) is 10.2. The van der Waals surface area contributed by atoms with E-state index in [1.54, 1.807) is 32.4 Å². The van der Waals surface area contributed by atoms with Crippen LogP contribution in [0, 0.1) is 10.1 Å². The largest absolute Gasteiger partial charge is 0.493 e. The van der Waals surface area contributed by atoms with Crippen LogP contribution in [0.5, 0.6) is 17.2 Å². The molecule has 0 fully saturated rings. The minimum Gasteiger partial charge on any atom is -0.493 e. The molecule has 0 aliphatic carbocycles. The third kappa shape index (κ3) is 5.60. The van der Waals surface area contributed by atoms with Gasteiger partial charge in [-0.05, 0) is 42.7 Å². The van der Waals surface area contributed by atoms with Gasteiger partial charge in [-0.2, -0.15) is 0 Å². The Labute approximate surface area is 163 Å². The van der Waals surface area contributed by atoms with Crippen molar-refractivity contribution in [1.82, 2.24) is 0 Å². The maximum absolute atomic E-state index is 12.3. The summed E-state index contributed by atoms with van der Waals surface area (Å²) in [6.45, 7) is 2.41. The number of carbonyl (C=O) groups excluding carboxylic acids is 1. The summed E-state index contributed by atoms with van der Waals surface area (Å²) in [5.41, 5.74) is 0.838. The molecule has 0 radical (unpaired) electrons. The molecule has 0 heterocycles. The van der Waals surface area contributed by atoms with Crippen LogP contribution >= 0.6 is 0 Å². The molecule has 2 aromatic rings. The van der Waals surface area contributed by atoms with Crippen molar-refractivity contribution in [1.29, 1.82) is 0 Å². The summed E-state index contributed by atoms with van der Waals surface area (Å²) in [5, 5.41) is 13.9. The maximum atomic E-state index is 12.3. The van der Waals surface area contributed by atoms with Crippen molar-refractivity contribution < 1.29 is 23.9 Å². The average molecular weight is 388 g/mol. The highest BCUT2D eigenvalue weighted by Crippen LogP contribution is 2.30. The zero-order valence-electron chi connectivity index (χ0n) is 16.2. The summed E-state index contributed by atoms with van der Waals surface area (Å²) < 4.78 is 15.8. The number of rotatable bonds is 10. The Kier molecular flexibility index (Phi) is 7.62. The van der Waals surface area contributed by atoms with Crippen molar-refractivity contribution in [2.75, 3.05) is 26.1 Å². The minimum atomic E-state index is -0.539. The van der Waals surface area contributed by atoms with Crippen LogP contribution in [0.1, 0.15) is 25.3 Å². The molecule has 1 N–H and O–H groups in total. The Morgan fingerprint density at radius 1 is 1.11 bits per heavy atom. The number of ether oxygens (including phenoxy) is 3. The average Bonchev–Trinajstić information content (AvgIpc) is 2.70. The smallest absolute Gasteiger partial charge is 0.296 e. The van der Waals surface area contributed by atoms with Gasteiger partial charge in [-0.1, -0.05) is 13.0 Å². The molecule has 28 heavy (non-hydrogen) atoms. The van der Waals surface area contributed by atoms with Crippen LogP contribution in [0.15, 0.2) is 36.4 Å². The summed E-state index contributed by atoms with van der Waals surface area (Å²) in [5.74, 6) is 1.27. The molecule has 0 atom stereocenters. The van der Waals surface area contributed by atoms with Crippen LogP contribution in [-0.4, -0.2) is 31.7 Å². The molecular weight excluding hydrogens is 364 g/mol. The SMILES string of the molecule is CCCOc1ccc(NC(=O)CCc2ccc(OC)c(OC)c2)c([N+](=O)[O-])c1. The predicted octanol–water partition coefficient (Wildman–Crippen LogP) is 3.97. The molecule has 1 amide bonds. The van der Waals surface area contributed by atoms with Gasteiger partial charge in [0.25, 0.3) is 5.69 Å². The van der Waals surface area contributed by atoms with E-state index >= 15 is 0 Å². The van der Waals surface area contributed by atoms with E-state index in [9.17, 15) is 14.9 Å². The van der Waals surface area contributed by atoms with Gasteiger partial charge >= 0.3 is 0 Å². The fourth-order valence-corrected chi connectivity index (χ4v) is 2.58. The van der Waals surface area contributed by atoms with E-state index in [4.69, 9.17) is 14.2 Å². The molecule has 2 rings (SSSR count). The lowest BCUT2D eigenvalue weighted by Crippen LogP contribution is -2.13. The molecule has 8 nitrogen and oxygen atoms in total. The number of nitrogens with one attached hydrogen (secondary N) is 1. The van der Waals surface area contributed by atoms with Gasteiger partial charge in [0.15, 0.2) is 11.5 Å². The number of hydrogen-bond donors (Lipinski definition) is 1. The lowest BCUT2D eigenvalue weighted by molar-refractivity contribution is -0.384. The van der Waals surface area contributed by atoms with Crippen LogP contribution in [0.25, 0.3) is 0 Å². The van der Waals surface area contributed by atoms with Crippen LogP contribution in [-0.2, 0) is 11.2 Å². The molecule has 0 aliphatic rings. The van der Waals surface area contributed by atoms with Gasteiger partial charge in [0.1, 0.15) is 11.4 Å². The first kappa shape index (κ1) is 21.0. The molecular formula is C20H24N2O6. The highest BCUT2D eigenvalue weighted by Gasteiger charge is 2.17. The number of methoxy groups -OCH3 is 2. The standard InChI is InChI=1S/C20H24N2O6/c1-4-11-28-15-7-8-16(17(13-15)22(24)25)21-20(23)10-6-14-5-9-18(26-2)19(12-14)27-3/h5,7-9,12-13H,4,6,10-11H2,1-3H3,(H,21,23). The van der Waals surface area contributed by atoms with E-state index in [1.165, 1.54) is 12.1 Å². The number of amides is 1. The fourth-order valence-electron chi connectivity index (χ4n) is 2.58. The Morgan fingerprint density at radius 3 is 2.50 bits per heavy atom. The molecule has 0 unspecified atom stereocenters. The molecule has 2 aromatic carbocycles. The number of anilines is 1. The highest BCUT2D eigenvalue weighted by molar-refractivity contribution is 5.93. The van der Waals surface area contributed by atoms with Gasteiger partial charge in [-0.3, -0.25) is 14.9 Å². The Balaban J connectivity index is 2.03. The molecule has 0 aliphatic heterocycles. The number of benzene rings is 2. The molecule has 8 heteroatoms. The fraction of sp³-hybridized carbons (Fsp3) is 0.350. The van der Waals surface area contributed by atoms with Crippen molar-refractivity contribution >= 4 is 17.3 Å². The minimum absolute atomic E-state index is 0.145. The summed E-state index contributed by atoms with van der Waals surface area (Å²) >= 11 is 0. The van der Waals surface area contributed by atoms with E-state index in [0.717, 1.165) is 12.0 Å². The molecule has 0 saturated heterocycles. The third-order valence-corrected chi connectivity index (χ3v) is 4.00. The van der Waals surface area contributed by atoms with Gasteiger partial charge in [0.2, 0.25) is 5.91 Å². The van der Waals surface area contributed by atoms with Crippen molar-refractivity contribution in [3.05, 3.63) is 52.1 Å². The summed E-state index contributed by atoms with van der Waals surface area (Å²) in [6.07, 6.45) is 1.42. The zero-order chi connectivity index (χ0) is 20.5. The molecule has 150 valence electrons. The Hall–Kier alpha value is -3.29. The van der Waals surface area contributed by atoms with E-state index in [-0.39, 0.29) is 23.7 Å². The van der Waals surface area contributed by atoms with Crippen molar-refractivity contribution in [3.8, 4) is 17.2 Å².